The lowest BCUT2D eigenvalue weighted by atomic mass is 10.1. The summed E-state index contributed by atoms with van der Waals surface area (Å²) in [5.74, 6) is 0.809. The molecule has 206 valence electrons. The highest BCUT2D eigenvalue weighted by Gasteiger charge is 2.13. The van der Waals surface area contributed by atoms with E-state index in [0.717, 1.165) is 51.0 Å². The van der Waals surface area contributed by atoms with Gasteiger partial charge in [0.2, 0.25) is 0 Å². The molecule has 0 saturated carbocycles. The smallest absolute Gasteiger partial charge is 0.253 e. The summed E-state index contributed by atoms with van der Waals surface area (Å²) in [6.45, 7) is 8.61. The summed E-state index contributed by atoms with van der Waals surface area (Å²) < 4.78 is 11.4. The van der Waals surface area contributed by atoms with Crippen molar-refractivity contribution in [1.82, 2.24) is 10.2 Å². The van der Waals surface area contributed by atoms with Gasteiger partial charge in [0, 0.05) is 44.8 Å². The number of benzene rings is 2. The normalized spacial score (nSPS) is 11.9. The van der Waals surface area contributed by atoms with Crippen molar-refractivity contribution in [2.75, 3.05) is 51.7 Å². The highest BCUT2D eigenvalue weighted by Crippen LogP contribution is 2.31. The number of nitrogens with zero attached hydrogens (tertiary/aromatic N) is 1. The number of aliphatic hydroxyl groups is 1. The Kier molecular flexibility index (Phi) is 14.7. The first-order chi connectivity index (χ1) is 17.9. The van der Waals surface area contributed by atoms with Gasteiger partial charge in [0.25, 0.3) is 5.91 Å². The van der Waals surface area contributed by atoms with E-state index in [1.54, 1.807) is 17.0 Å². The molecule has 1 amide bonds. The summed E-state index contributed by atoms with van der Waals surface area (Å²) in [7, 11) is 0. The zero-order valence-electron chi connectivity index (χ0n) is 22.0. The van der Waals surface area contributed by atoms with Gasteiger partial charge < -0.3 is 30.5 Å². The van der Waals surface area contributed by atoms with E-state index in [1.807, 2.05) is 38.1 Å². The summed E-state index contributed by atoms with van der Waals surface area (Å²) in [5, 5.41) is 14.3. The molecule has 1 unspecified atom stereocenters. The molecule has 0 bridgehead atoms. The Labute approximate surface area is 231 Å². The minimum absolute atomic E-state index is 0.0471. The zero-order chi connectivity index (χ0) is 27.0. The second-order valence-electron chi connectivity index (χ2n) is 8.85. The number of hydrogen-bond donors (Lipinski definition) is 3. The second-order valence-corrected chi connectivity index (χ2v) is 9.66. The maximum absolute atomic E-state index is 12.3. The monoisotopic (exact) mass is 553 g/mol. The first-order valence-electron chi connectivity index (χ1n) is 13.1. The molecule has 0 radical (unpaired) electrons. The highest BCUT2D eigenvalue weighted by molar-refractivity contribution is 6.38. The van der Waals surface area contributed by atoms with Gasteiger partial charge in [-0.3, -0.25) is 4.79 Å². The van der Waals surface area contributed by atoms with Crippen molar-refractivity contribution in [2.24, 2.45) is 0 Å². The van der Waals surface area contributed by atoms with Gasteiger partial charge >= 0.3 is 0 Å². The number of rotatable bonds is 18. The van der Waals surface area contributed by atoms with E-state index in [9.17, 15) is 9.90 Å². The first kappa shape index (κ1) is 31.2. The van der Waals surface area contributed by atoms with Gasteiger partial charge in [-0.2, -0.15) is 0 Å². The molecule has 1 atom stereocenters. The fourth-order valence-corrected chi connectivity index (χ4v) is 4.30. The molecule has 2 aromatic rings. The quantitative estimate of drug-likeness (QED) is 0.161. The van der Waals surface area contributed by atoms with Gasteiger partial charge in [-0.1, -0.05) is 36.0 Å². The number of amides is 1. The molecule has 0 heterocycles. The number of aliphatic hydroxyl groups excluding tert-OH is 1. The summed E-state index contributed by atoms with van der Waals surface area (Å²) in [6, 6.07) is 10.6. The predicted molar refractivity (Wildman–Crippen MR) is 152 cm³/mol. The third kappa shape index (κ3) is 11.1. The average molecular weight is 555 g/mol. The molecule has 0 aromatic heterocycles. The molecule has 9 heteroatoms. The fraction of sp³-hybridized carbons (Fsp3) is 0.536. The third-order valence-electron chi connectivity index (χ3n) is 6.07. The Morgan fingerprint density at radius 2 is 1.59 bits per heavy atom. The van der Waals surface area contributed by atoms with Crippen molar-refractivity contribution in [2.45, 2.75) is 52.1 Å². The molecular weight excluding hydrogens is 513 g/mol. The number of nitrogens with two attached hydrogens (primary N) is 1. The van der Waals surface area contributed by atoms with Crippen LogP contribution in [-0.2, 0) is 4.74 Å². The van der Waals surface area contributed by atoms with Gasteiger partial charge in [-0.15, -0.1) is 0 Å². The molecule has 0 aliphatic carbocycles. The molecule has 0 aliphatic heterocycles. The molecule has 0 saturated heterocycles. The van der Waals surface area contributed by atoms with Crippen LogP contribution in [0.3, 0.4) is 0 Å². The molecule has 0 aliphatic rings. The molecule has 4 N–H and O–H groups in total. The third-order valence-corrected chi connectivity index (χ3v) is 6.70. The second kappa shape index (κ2) is 17.5. The number of halogens is 2. The van der Waals surface area contributed by atoms with Gasteiger partial charge in [0.15, 0.2) is 0 Å². The van der Waals surface area contributed by atoms with E-state index in [4.69, 9.17) is 38.4 Å². The van der Waals surface area contributed by atoms with Crippen molar-refractivity contribution < 1.29 is 19.4 Å². The average Bonchev–Trinajstić information content (AvgIpc) is 2.90. The van der Waals surface area contributed by atoms with Crippen LogP contribution in [0.1, 0.15) is 68.0 Å². The van der Waals surface area contributed by atoms with Crippen molar-refractivity contribution in [3.8, 4) is 5.75 Å². The number of carbonyl (C=O) groups is 1. The van der Waals surface area contributed by atoms with Crippen LogP contribution in [0, 0.1) is 0 Å². The molecule has 2 aromatic carbocycles. The largest absolute Gasteiger partial charge is 0.494 e. The van der Waals surface area contributed by atoms with Gasteiger partial charge in [0.1, 0.15) is 5.75 Å². The predicted octanol–water partition coefficient (Wildman–Crippen LogP) is 5.73. The maximum atomic E-state index is 12.3. The number of anilines is 1. The first-order valence-corrected chi connectivity index (χ1v) is 13.9. The van der Waals surface area contributed by atoms with Crippen LogP contribution in [0.5, 0.6) is 5.75 Å². The van der Waals surface area contributed by atoms with Crippen LogP contribution in [0.4, 0.5) is 5.69 Å². The van der Waals surface area contributed by atoms with E-state index in [1.165, 1.54) is 0 Å². The Hall–Kier alpha value is -2.03. The Morgan fingerprint density at radius 1 is 0.973 bits per heavy atom. The number of unbranched alkanes of at least 4 members (excludes halogenated alkanes) is 3. The number of nitrogen functional groups attached to an aromatic ring is 1. The molecular formula is C28H41Cl2N3O4. The van der Waals surface area contributed by atoms with Crippen molar-refractivity contribution >= 4 is 34.8 Å². The van der Waals surface area contributed by atoms with Crippen molar-refractivity contribution in [3.63, 3.8) is 0 Å². The SMILES string of the molecule is CCN(CC)C(=O)c1ccc(OCCCOCCCCCCNCC(O)c2cc(Cl)c(N)c(Cl)c2)cc1. The van der Waals surface area contributed by atoms with Gasteiger partial charge in [-0.25, -0.2) is 0 Å². The van der Waals surface area contributed by atoms with Gasteiger partial charge in [-0.05, 0) is 75.2 Å². The Balaban J connectivity index is 1.44. The zero-order valence-corrected chi connectivity index (χ0v) is 23.5. The Bertz CT molecular complexity index is 917. The van der Waals surface area contributed by atoms with E-state index >= 15 is 0 Å². The van der Waals surface area contributed by atoms with E-state index in [-0.39, 0.29) is 5.91 Å². The number of nitrogens with one attached hydrogen (secondary N) is 1. The topological polar surface area (TPSA) is 97.0 Å². The van der Waals surface area contributed by atoms with Crippen molar-refractivity contribution in [3.05, 3.63) is 57.6 Å². The summed E-state index contributed by atoms with van der Waals surface area (Å²) >= 11 is 12.1. The maximum Gasteiger partial charge on any atom is 0.253 e. The molecule has 0 spiro atoms. The lowest BCUT2D eigenvalue weighted by Crippen LogP contribution is -2.30. The van der Waals surface area contributed by atoms with E-state index in [0.29, 0.717) is 59.7 Å². The van der Waals surface area contributed by atoms with Crippen LogP contribution in [0.25, 0.3) is 0 Å². The summed E-state index contributed by atoms with van der Waals surface area (Å²) in [4.78, 5) is 14.1. The number of ether oxygens (including phenoxy) is 2. The summed E-state index contributed by atoms with van der Waals surface area (Å²) in [5.41, 5.74) is 7.40. The van der Waals surface area contributed by atoms with Crippen LogP contribution in [-0.4, -0.2) is 61.9 Å². The van der Waals surface area contributed by atoms with E-state index in [2.05, 4.69) is 5.32 Å². The molecule has 2 rings (SSSR count). The Morgan fingerprint density at radius 3 is 2.24 bits per heavy atom. The minimum atomic E-state index is -0.686. The standard InChI is InChI=1S/C28H41Cl2N3O4/c1-3-33(4-2)28(35)21-10-12-23(13-11-21)37-17-9-16-36-15-8-6-5-7-14-32-20-26(34)22-18-24(29)27(31)25(30)19-22/h10-13,18-19,26,32,34H,3-9,14-17,20,31H2,1-2H3. The van der Waals surface area contributed by atoms with Crippen LogP contribution < -0.4 is 15.8 Å². The molecule has 7 nitrogen and oxygen atoms in total. The highest BCUT2D eigenvalue weighted by atomic mass is 35.5. The number of hydrogen-bond acceptors (Lipinski definition) is 6. The molecule has 0 fully saturated rings. The molecule has 37 heavy (non-hydrogen) atoms. The fourth-order valence-electron chi connectivity index (χ4n) is 3.80. The van der Waals surface area contributed by atoms with Crippen molar-refractivity contribution in [1.29, 1.82) is 0 Å². The lowest BCUT2D eigenvalue weighted by Gasteiger charge is -2.18. The summed E-state index contributed by atoms with van der Waals surface area (Å²) in [6.07, 6.45) is 4.38. The minimum Gasteiger partial charge on any atom is -0.494 e. The van der Waals surface area contributed by atoms with E-state index < -0.39 is 6.10 Å². The van der Waals surface area contributed by atoms with Crippen LogP contribution in [0.15, 0.2) is 36.4 Å². The van der Waals surface area contributed by atoms with Crippen LogP contribution in [0.2, 0.25) is 10.0 Å². The number of carbonyl (C=O) groups excluding carboxylic acids is 1. The van der Waals surface area contributed by atoms with Gasteiger partial charge in [0.05, 0.1) is 28.4 Å². The lowest BCUT2D eigenvalue weighted by molar-refractivity contribution is 0.0773. The van der Waals surface area contributed by atoms with Crippen LogP contribution >= 0.6 is 23.2 Å².